The molecule has 0 saturated carbocycles. The van der Waals surface area contributed by atoms with E-state index in [2.05, 4.69) is 17.6 Å². The molecule has 1 aliphatic rings. The van der Waals surface area contributed by atoms with Gasteiger partial charge in [-0.3, -0.25) is 4.99 Å². The minimum atomic E-state index is -1.46. The van der Waals surface area contributed by atoms with E-state index in [0.717, 1.165) is 6.21 Å². The predicted molar refractivity (Wildman–Crippen MR) is 109 cm³/mol. The smallest absolute Gasteiger partial charge is 0.343 e. The molecule has 1 N–H and O–H groups in total. The van der Waals surface area contributed by atoms with Crippen molar-refractivity contribution in [1.82, 2.24) is 4.90 Å². The van der Waals surface area contributed by atoms with E-state index in [1.807, 2.05) is 11.9 Å². The zero-order valence-corrected chi connectivity index (χ0v) is 17.2. The number of rotatable bonds is 7. The third-order valence-electron chi connectivity index (χ3n) is 4.41. The molecule has 2 rings (SSSR count). The minimum Gasteiger partial charge on any atom is -0.506 e. The number of aliphatic imine (C=N–C) groups is 1. The van der Waals surface area contributed by atoms with E-state index in [0.29, 0.717) is 38.0 Å². The molecule has 1 saturated heterocycles. The number of halogens is 3. The summed E-state index contributed by atoms with van der Waals surface area (Å²) in [5.74, 6) is -5.49. The maximum atomic E-state index is 14.7. The first-order chi connectivity index (χ1) is 13.8. The highest BCUT2D eigenvalue weighted by molar-refractivity contribution is 7.80. The van der Waals surface area contributed by atoms with Crippen LogP contribution in [0.3, 0.4) is 0 Å². The van der Waals surface area contributed by atoms with Crippen LogP contribution >= 0.6 is 12.6 Å². The second kappa shape index (κ2) is 10.5. The number of aliphatic hydroxyl groups excluding tert-OH is 1. The molecule has 29 heavy (non-hydrogen) atoms. The molecule has 1 fully saturated rings. The van der Waals surface area contributed by atoms with E-state index in [-0.39, 0.29) is 13.2 Å². The van der Waals surface area contributed by atoms with Gasteiger partial charge >= 0.3 is 5.97 Å². The fraction of sp³-hybridized carbons (Fsp3) is 0.474. The lowest BCUT2D eigenvalue weighted by atomic mass is 10.1. The van der Waals surface area contributed by atoms with E-state index in [9.17, 15) is 23.1 Å². The fourth-order valence-electron chi connectivity index (χ4n) is 2.86. The highest BCUT2D eigenvalue weighted by Gasteiger charge is 2.28. The molecule has 160 valence electrons. The average Bonchev–Trinajstić information content (AvgIpc) is 2.69. The van der Waals surface area contributed by atoms with Gasteiger partial charge < -0.3 is 19.6 Å². The van der Waals surface area contributed by atoms with Crippen molar-refractivity contribution in [2.45, 2.75) is 6.92 Å². The summed E-state index contributed by atoms with van der Waals surface area (Å²) in [5.41, 5.74) is -1.77. The number of ether oxygens (including phenoxy) is 1. The van der Waals surface area contributed by atoms with Crippen LogP contribution in [-0.2, 0) is 9.53 Å². The van der Waals surface area contributed by atoms with E-state index in [1.165, 1.54) is 4.90 Å². The highest BCUT2D eigenvalue weighted by atomic mass is 32.1. The summed E-state index contributed by atoms with van der Waals surface area (Å²) >= 11 is 3.97. The standard InChI is InChI=1S/C19H24F3N3O3S/c1-3-28-19(27)13(11-23-4-9-29)18(26)12-10-14(20)17(16(22)15(12)21)25-7-5-24(2)6-8-25/h10-11,26,29H,3-9H2,1-2H3/b18-13-,23-11?. The summed E-state index contributed by atoms with van der Waals surface area (Å²) in [6.45, 7) is 3.55. The van der Waals surface area contributed by atoms with Crippen molar-refractivity contribution in [3.63, 3.8) is 0 Å². The van der Waals surface area contributed by atoms with Crippen molar-refractivity contribution in [3.8, 4) is 0 Å². The summed E-state index contributed by atoms with van der Waals surface area (Å²) in [6.07, 6.45) is 0.979. The molecule has 0 amide bonds. The molecule has 0 atom stereocenters. The predicted octanol–water partition coefficient (Wildman–Crippen LogP) is 2.69. The van der Waals surface area contributed by atoms with Crippen LogP contribution in [0.4, 0.5) is 18.9 Å². The number of thiol groups is 1. The monoisotopic (exact) mass is 431 g/mol. The van der Waals surface area contributed by atoms with Crippen LogP contribution in [0.2, 0.25) is 0 Å². The van der Waals surface area contributed by atoms with Crippen LogP contribution in [0.25, 0.3) is 5.76 Å². The quantitative estimate of drug-likeness (QED) is 0.174. The zero-order valence-electron chi connectivity index (χ0n) is 16.3. The molecule has 6 nitrogen and oxygen atoms in total. The van der Waals surface area contributed by atoms with Gasteiger partial charge in [-0.2, -0.15) is 12.6 Å². The third kappa shape index (κ3) is 5.45. The van der Waals surface area contributed by atoms with Crippen LogP contribution in [0.5, 0.6) is 0 Å². The Morgan fingerprint density at radius 2 is 1.93 bits per heavy atom. The summed E-state index contributed by atoms with van der Waals surface area (Å²) in [5, 5.41) is 10.4. The van der Waals surface area contributed by atoms with Gasteiger partial charge in [-0.15, -0.1) is 0 Å². The molecule has 0 bridgehead atoms. The second-order valence-electron chi connectivity index (χ2n) is 6.41. The fourth-order valence-corrected chi connectivity index (χ4v) is 2.97. The van der Waals surface area contributed by atoms with Gasteiger partial charge in [0, 0.05) is 44.7 Å². The normalized spacial score (nSPS) is 16.3. The molecule has 0 spiro atoms. The SMILES string of the molecule is CCOC(=O)/C(C=NCCS)=C(\O)c1cc(F)c(N2CCN(C)CC2)c(F)c1F. The van der Waals surface area contributed by atoms with E-state index in [4.69, 9.17) is 4.74 Å². The molecule has 1 heterocycles. The lowest BCUT2D eigenvalue weighted by molar-refractivity contribution is -0.137. The Kier molecular flexibility index (Phi) is 8.39. The van der Waals surface area contributed by atoms with Gasteiger partial charge in [0.1, 0.15) is 22.8 Å². The van der Waals surface area contributed by atoms with Crippen molar-refractivity contribution >= 4 is 36.3 Å². The topological polar surface area (TPSA) is 65.4 Å². The van der Waals surface area contributed by atoms with Crippen molar-refractivity contribution in [3.05, 3.63) is 34.7 Å². The minimum absolute atomic E-state index is 0.0103. The van der Waals surface area contributed by atoms with E-state index < -0.39 is 46.0 Å². The van der Waals surface area contributed by atoms with E-state index in [1.54, 1.807) is 6.92 Å². The first kappa shape index (κ1) is 23.1. The van der Waals surface area contributed by atoms with Gasteiger partial charge in [0.15, 0.2) is 11.6 Å². The van der Waals surface area contributed by atoms with Crippen LogP contribution in [0.15, 0.2) is 16.6 Å². The van der Waals surface area contributed by atoms with Crippen molar-refractivity contribution in [1.29, 1.82) is 0 Å². The van der Waals surface area contributed by atoms with Crippen LogP contribution in [-0.4, -0.2) is 74.3 Å². The molecular formula is C19H24F3N3O3S. The van der Waals surface area contributed by atoms with Gasteiger partial charge in [0.25, 0.3) is 0 Å². The third-order valence-corrected chi connectivity index (χ3v) is 4.61. The number of carbonyl (C=O) groups is 1. The Hall–Kier alpha value is -2.20. The van der Waals surface area contributed by atoms with E-state index >= 15 is 0 Å². The van der Waals surface area contributed by atoms with Gasteiger partial charge in [-0.05, 0) is 20.0 Å². The lowest BCUT2D eigenvalue weighted by Gasteiger charge is -2.34. The Bertz CT molecular complexity index is 810. The number of hydrogen-bond donors (Lipinski definition) is 2. The number of piperazine rings is 1. The molecule has 0 aliphatic carbocycles. The number of esters is 1. The molecule has 1 aromatic carbocycles. The summed E-state index contributed by atoms with van der Waals surface area (Å²) in [6, 6.07) is 0.674. The average molecular weight is 431 g/mol. The van der Waals surface area contributed by atoms with Crippen LogP contribution in [0.1, 0.15) is 12.5 Å². The summed E-state index contributed by atoms with van der Waals surface area (Å²) in [7, 11) is 1.88. The van der Waals surface area contributed by atoms with Crippen LogP contribution in [0, 0.1) is 17.5 Å². The van der Waals surface area contributed by atoms with Crippen molar-refractivity contribution < 1.29 is 27.8 Å². The van der Waals surface area contributed by atoms with Gasteiger partial charge in [0.05, 0.1) is 12.2 Å². The highest BCUT2D eigenvalue weighted by Crippen LogP contribution is 2.32. The number of likely N-dealkylation sites (N-methyl/N-ethyl adjacent to an activating group) is 1. The number of benzene rings is 1. The first-order valence-corrected chi connectivity index (χ1v) is 9.77. The van der Waals surface area contributed by atoms with Crippen molar-refractivity contribution in [2.24, 2.45) is 4.99 Å². The lowest BCUT2D eigenvalue weighted by Crippen LogP contribution is -2.45. The number of anilines is 1. The van der Waals surface area contributed by atoms with Gasteiger partial charge in [0.2, 0.25) is 0 Å². The molecule has 0 radical (unpaired) electrons. The second-order valence-corrected chi connectivity index (χ2v) is 6.86. The summed E-state index contributed by atoms with van der Waals surface area (Å²) < 4.78 is 49.0. The largest absolute Gasteiger partial charge is 0.506 e. The Balaban J connectivity index is 2.51. The molecule has 0 unspecified atom stereocenters. The Morgan fingerprint density at radius 1 is 1.28 bits per heavy atom. The Labute approximate surface area is 173 Å². The van der Waals surface area contributed by atoms with Crippen LogP contribution < -0.4 is 4.90 Å². The van der Waals surface area contributed by atoms with Gasteiger partial charge in [-0.1, -0.05) is 0 Å². The maximum absolute atomic E-state index is 14.7. The van der Waals surface area contributed by atoms with Gasteiger partial charge in [-0.25, -0.2) is 18.0 Å². The number of aliphatic hydroxyl groups is 1. The number of nitrogens with zero attached hydrogens (tertiary/aromatic N) is 3. The first-order valence-electron chi connectivity index (χ1n) is 9.14. The molecular weight excluding hydrogens is 407 g/mol. The van der Waals surface area contributed by atoms with Crippen molar-refractivity contribution in [2.75, 3.05) is 57.0 Å². The zero-order chi connectivity index (χ0) is 21.6. The molecule has 1 aromatic rings. The molecule has 0 aromatic heterocycles. The summed E-state index contributed by atoms with van der Waals surface area (Å²) in [4.78, 5) is 19.4. The Morgan fingerprint density at radius 3 is 2.52 bits per heavy atom. The maximum Gasteiger partial charge on any atom is 0.343 e. The number of carbonyl (C=O) groups excluding carboxylic acids is 1. The molecule has 10 heteroatoms. The number of hydrogen-bond acceptors (Lipinski definition) is 7. The molecule has 1 aliphatic heterocycles.